The Labute approximate surface area is 181 Å². The van der Waals surface area contributed by atoms with Crippen molar-refractivity contribution in [3.63, 3.8) is 0 Å². The lowest BCUT2D eigenvalue weighted by Gasteiger charge is -2.20. The summed E-state index contributed by atoms with van der Waals surface area (Å²) in [5, 5.41) is 17.0. The van der Waals surface area contributed by atoms with Gasteiger partial charge in [-0.25, -0.2) is 4.79 Å². The number of pyridine rings is 1. The van der Waals surface area contributed by atoms with E-state index in [1.54, 1.807) is 7.11 Å². The van der Waals surface area contributed by atoms with Crippen molar-refractivity contribution in [3.8, 4) is 5.75 Å². The monoisotopic (exact) mass is 425 g/mol. The summed E-state index contributed by atoms with van der Waals surface area (Å²) in [4.78, 5) is 24.5. The Morgan fingerprint density at radius 3 is 2.81 bits per heavy atom. The first kappa shape index (κ1) is 20.5. The summed E-state index contributed by atoms with van der Waals surface area (Å²) in [6, 6.07) is 4.02. The van der Waals surface area contributed by atoms with Gasteiger partial charge in [-0.15, -0.1) is 0 Å². The van der Waals surface area contributed by atoms with Crippen molar-refractivity contribution >= 4 is 16.9 Å². The first-order valence-electron chi connectivity index (χ1n) is 11.3. The maximum atomic E-state index is 12.9. The summed E-state index contributed by atoms with van der Waals surface area (Å²) >= 11 is 0. The SMILES string of the molecule is CNC[C@@H](C)[C@@H]1CNC2(CC2c2ccc3c(=O)c(C(=O)O)cn(C4CC4)c3c2OC)C1. The van der Waals surface area contributed by atoms with E-state index in [1.165, 1.54) is 6.20 Å². The number of fused-ring (bicyclic) bond motifs is 1. The van der Waals surface area contributed by atoms with Crippen LogP contribution in [0.4, 0.5) is 0 Å². The van der Waals surface area contributed by atoms with E-state index in [1.807, 2.05) is 23.7 Å². The molecule has 1 aromatic heterocycles. The summed E-state index contributed by atoms with van der Waals surface area (Å²) in [5.74, 6) is 1.16. The van der Waals surface area contributed by atoms with Crippen molar-refractivity contribution in [2.45, 2.75) is 50.1 Å². The van der Waals surface area contributed by atoms with Crippen LogP contribution >= 0.6 is 0 Å². The number of carboxylic acid groups (broad SMARTS) is 1. The topological polar surface area (TPSA) is 92.6 Å². The molecule has 2 aliphatic carbocycles. The number of carbonyl (C=O) groups is 1. The van der Waals surface area contributed by atoms with Crippen molar-refractivity contribution in [1.82, 2.24) is 15.2 Å². The van der Waals surface area contributed by atoms with E-state index in [4.69, 9.17) is 4.74 Å². The van der Waals surface area contributed by atoms with E-state index in [-0.39, 0.29) is 17.1 Å². The summed E-state index contributed by atoms with van der Waals surface area (Å²) in [6.45, 7) is 4.36. The Bertz CT molecular complexity index is 1110. The Kier molecular flexibility index (Phi) is 4.86. The summed E-state index contributed by atoms with van der Waals surface area (Å²) in [5.41, 5.74) is 1.38. The van der Waals surface area contributed by atoms with Crippen molar-refractivity contribution in [3.05, 3.63) is 39.7 Å². The Hall–Kier alpha value is -2.38. The lowest BCUT2D eigenvalue weighted by molar-refractivity contribution is 0.0695. The van der Waals surface area contributed by atoms with Crippen LogP contribution in [0, 0.1) is 11.8 Å². The standard InChI is InChI=1S/C24H31N3O4/c1-13(10-25-2)14-8-24(26-11-14)9-19(24)16-6-7-17-20(22(16)31-3)27(15-4-5-15)12-18(21(17)28)23(29)30/h6-7,12-15,19,25-26H,4-5,8-11H2,1-3H3,(H,29,30)/t13-,14+,19?,24?/m1/s1. The van der Waals surface area contributed by atoms with Gasteiger partial charge in [-0.2, -0.15) is 0 Å². The molecule has 0 bridgehead atoms. The van der Waals surface area contributed by atoms with Gasteiger partial charge in [0.05, 0.1) is 18.0 Å². The van der Waals surface area contributed by atoms with Crippen LogP contribution in [0.3, 0.4) is 0 Å². The molecule has 2 unspecified atom stereocenters. The molecular weight excluding hydrogens is 394 g/mol. The molecule has 1 saturated heterocycles. The number of methoxy groups -OCH3 is 1. The molecule has 4 atom stereocenters. The second-order valence-corrected chi connectivity index (χ2v) is 9.69. The normalized spacial score (nSPS) is 28.2. The second-order valence-electron chi connectivity index (χ2n) is 9.69. The van der Waals surface area contributed by atoms with Gasteiger partial charge in [-0.3, -0.25) is 4.79 Å². The molecule has 7 heteroatoms. The molecule has 3 N–H and O–H groups in total. The van der Waals surface area contributed by atoms with Crippen molar-refractivity contribution < 1.29 is 14.6 Å². The fourth-order valence-corrected chi connectivity index (χ4v) is 5.69. The van der Waals surface area contributed by atoms with Gasteiger partial charge in [0.25, 0.3) is 0 Å². The van der Waals surface area contributed by atoms with E-state index < -0.39 is 11.4 Å². The number of aromatic carboxylic acids is 1. The van der Waals surface area contributed by atoms with Crippen LogP contribution in [0.15, 0.2) is 23.1 Å². The quantitative estimate of drug-likeness (QED) is 0.632. The average molecular weight is 426 g/mol. The molecule has 2 saturated carbocycles. The summed E-state index contributed by atoms with van der Waals surface area (Å²) in [7, 11) is 3.66. The van der Waals surface area contributed by atoms with Crippen LogP contribution in [0.5, 0.6) is 5.75 Å². The number of hydrogen-bond acceptors (Lipinski definition) is 5. The Morgan fingerprint density at radius 1 is 1.39 bits per heavy atom. The van der Waals surface area contributed by atoms with E-state index in [0.29, 0.717) is 23.1 Å². The number of rotatable bonds is 7. The number of hydrogen-bond donors (Lipinski definition) is 3. The molecule has 5 rings (SSSR count). The zero-order chi connectivity index (χ0) is 21.9. The highest BCUT2D eigenvalue weighted by molar-refractivity contribution is 5.95. The zero-order valence-corrected chi connectivity index (χ0v) is 18.4. The van der Waals surface area contributed by atoms with Gasteiger partial charge >= 0.3 is 5.97 Å². The molecular formula is C24H31N3O4. The number of aromatic nitrogens is 1. The number of nitrogens with one attached hydrogen (secondary N) is 2. The molecule has 1 aromatic carbocycles. The largest absolute Gasteiger partial charge is 0.494 e. The second kappa shape index (κ2) is 7.35. The third kappa shape index (κ3) is 3.26. The number of carboxylic acids is 1. The molecule has 3 aliphatic rings. The van der Waals surface area contributed by atoms with Gasteiger partial charge in [-0.1, -0.05) is 13.0 Å². The molecule has 3 fully saturated rings. The number of benzene rings is 1. The molecule has 166 valence electrons. The molecule has 2 aromatic rings. The van der Waals surface area contributed by atoms with Crippen molar-refractivity contribution in [2.75, 3.05) is 27.2 Å². The highest BCUT2D eigenvalue weighted by Crippen LogP contribution is 2.60. The average Bonchev–Trinajstić information content (AvgIpc) is 3.65. The van der Waals surface area contributed by atoms with Gasteiger partial charge < -0.3 is 25.0 Å². The molecule has 31 heavy (non-hydrogen) atoms. The number of ether oxygens (including phenoxy) is 1. The first-order chi connectivity index (χ1) is 14.9. The minimum atomic E-state index is -1.18. The smallest absolute Gasteiger partial charge is 0.341 e. The van der Waals surface area contributed by atoms with E-state index in [9.17, 15) is 14.7 Å². The minimum absolute atomic E-state index is 0.110. The van der Waals surface area contributed by atoms with E-state index >= 15 is 0 Å². The fourth-order valence-electron chi connectivity index (χ4n) is 5.69. The van der Waals surface area contributed by atoms with Crippen LogP contribution < -0.4 is 20.8 Å². The Morgan fingerprint density at radius 2 is 2.16 bits per heavy atom. The maximum Gasteiger partial charge on any atom is 0.341 e. The molecule has 0 radical (unpaired) electrons. The molecule has 1 aliphatic heterocycles. The van der Waals surface area contributed by atoms with Crippen LogP contribution in [0.25, 0.3) is 10.9 Å². The molecule has 0 amide bonds. The highest BCUT2D eigenvalue weighted by Gasteiger charge is 2.59. The molecule has 2 heterocycles. The minimum Gasteiger partial charge on any atom is -0.494 e. The number of nitrogens with zero attached hydrogens (tertiary/aromatic N) is 1. The Balaban J connectivity index is 1.56. The van der Waals surface area contributed by atoms with Gasteiger partial charge in [-0.05, 0) is 63.7 Å². The van der Waals surface area contributed by atoms with Gasteiger partial charge in [0.1, 0.15) is 11.3 Å². The van der Waals surface area contributed by atoms with Crippen LogP contribution in [-0.2, 0) is 0 Å². The van der Waals surface area contributed by atoms with Crippen molar-refractivity contribution in [1.29, 1.82) is 0 Å². The third-order valence-electron chi connectivity index (χ3n) is 7.68. The summed E-state index contributed by atoms with van der Waals surface area (Å²) < 4.78 is 7.87. The van der Waals surface area contributed by atoms with Gasteiger partial charge in [0.2, 0.25) is 5.43 Å². The maximum absolute atomic E-state index is 12.9. The highest BCUT2D eigenvalue weighted by atomic mass is 16.5. The van der Waals surface area contributed by atoms with Gasteiger partial charge in [0, 0.05) is 29.3 Å². The summed E-state index contributed by atoms with van der Waals surface area (Å²) in [6.07, 6.45) is 5.71. The predicted molar refractivity (Wildman–Crippen MR) is 119 cm³/mol. The lowest BCUT2D eigenvalue weighted by Crippen LogP contribution is -2.26. The van der Waals surface area contributed by atoms with Gasteiger partial charge in [0.15, 0.2) is 0 Å². The fraction of sp³-hybridized carbons (Fsp3) is 0.583. The van der Waals surface area contributed by atoms with Crippen molar-refractivity contribution in [2.24, 2.45) is 11.8 Å². The van der Waals surface area contributed by atoms with Crippen LogP contribution in [0.2, 0.25) is 0 Å². The van der Waals surface area contributed by atoms with Crippen LogP contribution in [-0.4, -0.2) is 48.4 Å². The van der Waals surface area contributed by atoms with E-state index in [0.717, 1.165) is 55.6 Å². The first-order valence-corrected chi connectivity index (χ1v) is 11.3. The lowest BCUT2D eigenvalue weighted by atomic mass is 9.89. The zero-order valence-electron chi connectivity index (χ0n) is 18.4. The molecule has 1 spiro atoms. The van der Waals surface area contributed by atoms with Crippen LogP contribution in [0.1, 0.15) is 60.5 Å². The molecule has 7 nitrogen and oxygen atoms in total. The predicted octanol–water partition coefficient (Wildman–Crippen LogP) is 2.73. The van der Waals surface area contributed by atoms with E-state index in [2.05, 4.69) is 17.6 Å². The third-order valence-corrected chi connectivity index (χ3v) is 7.68.